The van der Waals surface area contributed by atoms with E-state index in [1.54, 1.807) is 0 Å². The first kappa shape index (κ1) is 17.6. The molecule has 0 aliphatic heterocycles. The number of aromatic nitrogens is 1. The lowest BCUT2D eigenvalue weighted by Gasteiger charge is -2.07. The number of rotatable bonds is 6. The first-order valence-corrected chi connectivity index (χ1v) is 8.99. The van der Waals surface area contributed by atoms with Crippen molar-refractivity contribution in [3.63, 3.8) is 0 Å². The molecule has 0 saturated carbocycles. The summed E-state index contributed by atoms with van der Waals surface area (Å²) in [5.41, 5.74) is 4.47. The molecule has 4 heteroatoms. The van der Waals surface area contributed by atoms with Crippen LogP contribution >= 0.6 is 0 Å². The Morgan fingerprint density at radius 1 is 0.821 bits per heavy atom. The number of carbonyl (C=O) groups is 1. The average molecular weight is 369 g/mol. The monoisotopic (exact) mass is 369 g/mol. The Balaban J connectivity index is 1.58. The highest BCUT2D eigenvalue weighted by Crippen LogP contribution is 2.31. The number of aromatic carboxylic acids is 1. The van der Waals surface area contributed by atoms with Crippen LogP contribution < -0.4 is 4.74 Å². The number of hydrogen-bond donors (Lipinski definition) is 2. The standard InChI is InChI=1S/C24H19NO3/c26-24(27)23-21(15-22(25-23)19-9-5-2-6-10-19)18-11-13-20(14-12-18)28-16-17-7-3-1-4-8-17/h1-15,25H,16H2,(H,26,27). The zero-order valence-corrected chi connectivity index (χ0v) is 15.1. The third kappa shape index (κ3) is 3.81. The van der Waals surface area contributed by atoms with Crippen molar-refractivity contribution in [3.8, 4) is 28.1 Å². The SMILES string of the molecule is O=C(O)c1[nH]c(-c2ccccc2)cc1-c1ccc(OCc2ccccc2)cc1. The van der Waals surface area contributed by atoms with E-state index < -0.39 is 5.97 Å². The average Bonchev–Trinajstić information content (AvgIpc) is 3.20. The van der Waals surface area contributed by atoms with Crippen LogP contribution in [0.3, 0.4) is 0 Å². The topological polar surface area (TPSA) is 62.3 Å². The van der Waals surface area contributed by atoms with Crippen molar-refractivity contribution >= 4 is 5.97 Å². The lowest BCUT2D eigenvalue weighted by molar-refractivity contribution is 0.0692. The molecule has 0 unspecified atom stereocenters. The van der Waals surface area contributed by atoms with Crippen LogP contribution in [0.1, 0.15) is 16.1 Å². The summed E-state index contributed by atoms with van der Waals surface area (Å²) in [5, 5.41) is 9.60. The molecule has 0 fully saturated rings. The van der Waals surface area contributed by atoms with Crippen molar-refractivity contribution in [2.24, 2.45) is 0 Å². The molecule has 0 atom stereocenters. The Labute approximate surface area is 163 Å². The van der Waals surface area contributed by atoms with Gasteiger partial charge in [0.2, 0.25) is 0 Å². The molecular weight excluding hydrogens is 350 g/mol. The second-order valence-electron chi connectivity index (χ2n) is 6.44. The van der Waals surface area contributed by atoms with Gasteiger partial charge in [0.25, 0.3) is 0 Å². The number of hydrogen-bond acceptors (Lipinski definition) is 2. The molecule has 3 aromatic carbocycles. The minimum atomic E-state index is -0.985. The van der Waals surface area contributed by atoms with Crippen LogP contribution in [0.15, 0.2) is 91.0 Å². The van der Waals surface area contributed by atoms with E-state index in [1.165, 1.54) is 0 Å². The molecule has 4 aromatic rings. The van der Waals surface area contributed by atoms with Crippen molar-refractivity contribution in [2.45, 2.75) is 6.61 Å². The molecule has 138 valence electrons. The maximum Gasteiger partial charge on any atom is 0.352 e. The molecule has 0 radical (unpaired) electrons. The summed E-state index contributed by atoms with van der Waals surface area (Å²) in [5.74, 6) is -0.245. The Kier molecular flexibility index (Phi) is 4.93. The summed E-state index contributed by atoms with van der Waals surface area (Å²) in [6.45, 7) is 0.489. The van der Waals surface area contributed by atoms with E-state index in [0.29, 0.717) is 12.2 Å². The maximum atomic E-state index is 11.7. The second kappa shape index (κ2) is 7.84. The quantitative estimate of drug-likeness (QED) is 0.463. The van der Waals surface area contributed by atoms with Gasteiger partial charge in [-0.15, -0.1) is 0 Å². The molecule has 4 rings (SSSR count). The van der Waals surface area contributed by atoms with Gasteiger partial charge in [-0.25, -0.2) is 4.79 Å². The van der Waals surface area contributed by atoms with Crippen molar-refractivity contribution in [1.29, 1.82) is 0 Å². The van der Waals surface area contributed by atoms with Gasteiger partial charge in [-0.1, -0.05) is 72.8 Å². The number of nitrogens with one attached hydrogen (secondary N) is 1. The first-order chi connectivity index (χ1) is 13.7. The lowest BCUT2D eigenvalue weighted by Crippen LogP contribution is -1.99. The number of ether oxygens (including phenoxy) is 1. The molecule has 0 bridgehead atoms. The number of aromatic amines is 1. The molecule has 0 amide bonds. The van der Waals surface area contributed by atoms with E-state index in [1.807, 2.05) is 91.0 Å². The van der Waals surface area contributed by atoms with Gasteiger partial charge in [-0.05, 0) is 34.9 Å². The van der Waals surface area contributed by atoms with E-state index in [2.05, 4.69) is 4.98 Å². The van der Waals surface area contributed by atoms with Crippen molar-refractivity contribution in [2.75, 3.05) is 0 Å². The molecule has 0 aliphatic rings. The highest BCUT2D eigenvalue weighted by molar-refractivity contribution is 5.96. The van der Waals surface area contributed by atoms with Gasteiger partial charge in [0.15, 0.2) is 0 Å². The van der Waals surface area contributed by atoms with E-state index in [4.69, 9.17) is 4.74 Å². The molecule has 4 nitrogen and oxygen atoms in total. The van der Waals surface area contributed by atoms with Crippen LogP contribution in [-0.4, -0.2) is 16.1 Å². The second-order valence-corrected chi connectivity index (χ2v) is 6.44. The minimum absolute atomic E-state index is 0.178. The summed E-state index contributed by atoms with van der Waals surface area (Å²) in [7, 11) is 0. The zero-order chi connectivity index (χ0) is 19.3. The molecule has 1 heterocycles. The van der Waals surface area contributed by atoms with Gasteiger partial charge in [0, 0.05) is 11.3 Å². The number of benzene rings is 3. The van der Waals surface area contributed by atoms with Crippen LogP contribution in [0.4, 0.5) is 0 Å². The van der Waals surface area contributed by atoms with Crippen LogP contribution in [0.5, 0.6) is 5.75 Å². The lowest BCUT2D eigenvalue weighted by atomic mass is 10.0. The number of H-pyrrole nitrogens is 1. The van der Waals surface area contributed by atoms with Gasteiger partial charge in [0.1, 0.15) is 18.1 Å². The van der Waals surface area contributed by atoms with E-state index in [0.717, 1.165) is 28.1 Å². The molecule has 2 N–H and O–H groups in total. The van der Waals surface area contributed by atoms with Crippen LogP contribution in [0.25, 0.3) is 22.4 Å². The Hall–Kier alpha value is -3.79. The summed E-state index contributed by atoms with van der Waals surface area (Å²) in [6, 6.07) is 29.0. The molecule has 28 heavy (non-hydrogen) atoms. The maximum absolute atomic E-state index is 11.7. The Morgan fingerprint density at radius 3 is 2.11 bits per heavy atom. The van der Waals surface area contributed by atoms with Crippen molar-refractivity contribution in [1.82, 2.24) is 4.98 Å². The van der Waals surface area contributed by atoms with Gasteiger partial charge < -0.3 is 14.8 Å². The van der Waals surface area contributed by atoms with E-state index in [9.17, 15) is 9.90 Å². The number of carboxylic acids is 1. The van der Waals surface area contributed by atoms with Crippen LogP contribution in [0, 0.1) is 0 Å². The van der Waals surface area contributed by atoms with Gasteiger partial charge in [-0.2, -0.15) is 0 Å². The van der Waals surface area contributed by atoms with E-state index in [-0.39, 0.29) is 5.69 Å². The minimum Gasteiger partial charge on any atom is -0.489 e. The molecule has 1 aromatic heterocycles. The smallest absolute Gasteiger partial charge is 0.352 e. The van der Waals surface area contributed by atoms with Gasteiger partial charge in [0.05, 0.1) is 0 Å². The predicted molar refractivity (Wildman–Crippen MR) is 109 cm³/mol. The van der Waals surface area contributed by atoms with Gasteiger partial charge >= 0.3 is 5.97 Å². The highest BCUT2D eigenvalue weighted by atomic mass is 16.5. The molecule has 0 aliphatic carbocycles. The van der Waals surface area contributed by atoms with E-state index >= 15 is 0 Å². The predicted octanol–water partition coefficient (Wildman–Crippen LogP) is 5.63. The highest BCUT2D eigenvalue weighted by Gasteiger charge is 2.17. The molecule has 0 saturated heterocycles. The molecule has 0 spiro atoms. The Morgan fingerprint density at radius 2 is 1.46 bits per heavy atom. The fourth-order valence-electron chi connectivity index (χ4n) is 3.10. The normalized spacial score (nSPS) is 10.6. The third-order valence-corrected chi connectivity index (χ3v) is 4.53. The summed E-state index contributed by atoms with van der Waals surface area (Å²) >= 11 is 0. The van der Waals surface area contributed by atoms with Crippen molar-refractivity contribution in [3.05, 3.63) is 102 Å². The number of carboxylic acid groups (broad SMARTS) is 1. The third-order valence-electron chi connectivity index (χ3n) is 4.53. The Bertz CT molecular complexity index is 1070. The fraction of sp³-hybridized carbons (Fsp3) is 0.0417. The fourth-order valence-corrected chi connectivity index (χ4v) is 3.10. The molecular formula is C24H19NO3. The van der Waals surface area contributed by atoms with Crippen LogP contribution in [-0.2, 0) is 6.61 Å². The summed E-state index contributed by atoms with van der Waals surface area (Å²) in [6.07, 6.45) is 0. The summed E-state index contributed by atoms with van der Waals surface area (Å²) < 4.78 is 5.81. The van der Waals surface area contributed by atoms with Gasteiger partial charge in [-0.3, -0.25) is 0 Å². The van der Waals surface area contributed by atoms with Crippen molar-refractivity contribution < 1.29 is 14.6 Å². The zero-order valence-electron chi connectivity index (χ0n) is 15.1. The summed E-state index contributed by atoms with van der Waals surface area (Å²) in [4.78, 5) is 14.7. The first-order valence-electron chi connectivity index (χ1n) is 8.99. The largest absolute Gasteiger partial charge is 0.489 e. The van der Waals surface area contributed by atoms with Crippen LogP contribution in [0.2, 0.25) is 0 Å².